The zero-order chi connectivity index (χ0) is 18.9. The summed E-state index contributed by atoms with van der Waals surface area (Å²) in [5.41, 5.74) is 1.72. The molecule has 0 aliphatic carbocycles. The molecule has 2 N–H and O–H groups in total. The first-order valence-corrected chi connectivity index (χ1v) is 10.5. The zero-order valence-electron chi connectivity index (χ0n) is 16.3. The van der Waals surface area contributed by atoms with Crippen LogP contribution in [-0.4, -0.2) is 46.9 Å². The molecular formula is C18H32IN3O3S. The van der Waals surface area contributed by atoms with Crippen LogP contribution in [0.15, 0.2) is 28.1 Å². The summed E-state index contributed by atoms with van der Waals surface area (Å²) in [4.78, 5) is 4.91. The Balaban J connectivity index is 0.00000625. The molecule has 0 atom stereocenters. The van der Waals surface area contributed by atoms with Gasteiger partial charge in [-0.1, -0.05) is 26.0 Å². The number of nitrogens with zero attached hydrogens (tertiary/aromatic N) is 1. The van der Waals surface area contributed by atoms with Gasteiger partial charge in [0.25, 0.3) is 0 Å². The molecule has 0 aromatic heterocycles. The number of hydrogen-bond donors (Lipinski definition) is 2. The van der Waals surface area contributed by atoms with E-state index in [0.717, 1.165) is 30.2 Å². The molecule has 0 bridgehead atoms. The summed E-state index contributed by atoms with van der Waals surface area (Å²) < 4.78 is 28.9. The molecule has 150 valence electrons. The van der Waals surface area contributed by atoms with Gasteiger partial charge in [-0.15, -0.1) is 24.0 Å². The topological polar surface area (TPSA) is 79.8 Å². The number of nitrogens with one attached hydrogen (secondary N) is 2. The standard InChI is InChI=1S/C18H31N3O3S.HI/c1-6-19-18(20-9-10-24-13-14(2)3)21-12-16-7-8-17(15(4)11-16)25(5,22)23;/h7-8,11,14H,6,9-10,12-13H2,1-5H3,(H2,19,20,21);1H. The second kappa shape index (κ2) is 12.5. The third-order valence-corrected chi connectivity index (χ3v) is 4.65. The van der Waals surface area contributed by atoms with Gasteiger partial charge in [0.1, 0.15) is 0 Å². The van der Waals surface area contributed by atoms with Crippen LogP contribution in [0.5, 0.6) is 0 Å². The van der Waals surface area contributed by atoms with E-state index in [2.05, 4.69) is 29.5 Å². The third-order valence-electron chi connectivity index (χ3n) is 3.39. The maximum atomic E-state index is 11.7. The van der Waals surface area contributed by atoms with Crippen LogP contribution in [0.2, 0.25) is 0 Å². The number of aliphatic imine (C=N–C) groups is 1. The second-order valence-electron chi connectivity index (χ2n) is 6.46. The van der Waals surface area contributed by atoms with E-state index in [-0.39, 0.29) is 24.0 Å². The summed E-state index contributed by atoms with van der Waals surface area (Å²) in [6.45, 7) is 11.4. The Labute approximate surface area is 175 Å². The fraction of sp³-hybridized carbons (Fsp3) is 0.611. The molecule has 0 aliphatic rings. The van der Waals surface area contributed by atoms with Gasteiger partial charge in [-0.2, -0.15) is 0 Å². The van der Waals surface area contributed by atoms with Gasteiger partial charge in [0.2, 0.25) is 0 Å². The van der Waals surface area contributed by atoms with Crippen molar-refractivity contribution in [2.24, 2.45) is 10.9 Å². The quantitative estimate of drug-likeness (QED) is 0.238. The van der Waals surface area contributed by atoms with Crippen LogP contribution in [0.25, 0.3) is 0 Å². The molecule has 1 aromatic rings. The molecule has 1 rings (SSSR count). The normalized spacial score (nSPS) is 12.0. The molecule has 0 saturated heterocycles. The largest absolute Gasteiger partial charge is 0.379 e. The van der Waals surface area contributed by atoms with Crippen LogP contribution in [-0.2, 0) is 21.1 Å². The lowest BCUT2D eigenvalue weighted by molar-refractivity contribution is 0.114. The van der Waals surface area contributed by atoms with Crippen LogP contribution in [0, 0.1) is 12.8 Å². The van der Waals surface area contributed by atoms with Crippen molar-refractivity contribution in [2.75, 3.05) is 32.6 Å². The molecule has 0 unspecified atom stereocenters. The van der Waals surface area contributed by atoms with E-state index in [1.807, 2.05) is 19.1 Å². The minimum absolute atomic E-state index is 0. The van der Waals surface area contributed by atoms with Gasteiger partial charge >= 0.3 is 0 Å². The van der Waals surface area contributed by atoms with Crippen molar-refractivity contribution in [1.29, 1.82) is 0 Å². The van der Waals surface area contributed by atoms with E-state index in [9.17, 15) is 8.42 Å². The number of rotatable bonds is 9. The fourth-order valence-electron chi connectivity index (χ4n) is 2.30. The highest BCUT2D eigenvalue weighted by Gasteiger charge is 2.10. The Morgan fingerprint density at radius 2 is 1.96 bits per heavy atom. The highest BCUT2D eigenvalue weighted by molar-refractivity contribution is 14.0. The number of aryl methyl sites for hydroxylation is 1. The first kappa shape index (κ1) is 25.1. The fourth-order valence-corrected chi connectivity index (χ4v) is 3.26. The van der Waals surface area contributed by atoms with E-state index >= 15 is 0 Å². The highest BCUT2D eigenvalue weighted by atomic mass is 127. The lowest BCUT2D eigenvalue weighted by Gasteiger charge is -2.12. The molecule has 6 nitrogen and oxygen atoms in total. The molecule has 0 spiro atoms. The average molecular weight is 497 g/mol. The van der Waals surface area contributed by atoms with Crippen molar-refractivity contribution in [1.82, 2.24) is 10.6 Å². The van der Waals surface area contributed by atoms with Crippen molar-refractivity contribution in [2.45, 2.75) is 39.1 Å². The number of hydrogen-bond acceptors (Lipinski definition) is 4. The molecule has 1 aromatic carbocycles. The molecule has 0 aliphatic heterocycles. The van der Waals surface area contributed by atoms with Crippen molar-refractivity contribution in [3.63, 3.8) is 0 Å². The highest BCUT2D eigenvalue weighted by Crippen LogP contribution is 2.17. The Bertz CT molecular complexity index is 676. The van der Waals surface area contributed by atoms with Gasteiger partial charge in [0, 0.05) is 26.0 Å². The van der Waals surface area contributed by atoms with Gasteiger partial charge in [-0.3, -0.25) is 0 Å². The molecule has 0 heterocycles. The Hall–Kier alpha value is -0.870. The third kappa shape index (κ3) is 9.72. The number of ether oxygens (including phenoxy) is 1. The van der Waals surface area contributed by atoms with Gasteiger partial charge in [-0.25, -0.2) is 13.4 Å². The minimum atomic E-state index is -3.19. The lowest BCUT2D eigenvalue weighted by Crippen LogP contribution is -2.39. The van der Waals surface area contributed by atoms with E-state index in [1.165, 1.54) is 6.26 Å². The van der Waals surface area contributed by atoms with Gasteiger partial charge < -0.3 is 15.4 Å². The van der Waals surface area contributed by atoms with Crippen LogP contribution in [0.1, 0.15) is 31.9 Å². The van der Waals surface area contributed by atoms with E-state index in [0.29, 0.717) is 30.5 Å². The first-order valence-electron chi connectivity index (χ1n) is 8.63. The van der Waals surface area contributed by atoms with Gasteiger partial charge in [-0.05, 0) is 37.0 Å². The summed E-state index contributed by atoms with van der Waals surface area (Å²) in [6, 6.07) is 5.33. The summed E-state index contributed by atoms with van der Waals surface area (Å²) >= 11 is 0. The van der Waals surface area contributed by atoms with Crippen LogP contribution in [0.3, 0.4) is 0 Å². The van der Waals surface area contributed by atoms with E-state index in [4.69, 9.17) is 4.74 Å². The maximum Gasteiger partial charge on any atom is 0.191 e. The molecule has 26 heavy (non-hydrogen) atoms. The average Bonchev–Trinajstić information content (AvgIpc) is 2.50. The number of benzene rings is 1. The molecule has 8 heteroatoms. The Morgan fingerprint density at radius 1 is 1.27 bits per heavy atom. The van der Waals surface area contributed by atoms with Crippen molar-refractivity contribution >= 4 is 39.8 Å². The summed E-state index contributed by atoms with van der Waals surface area (Å²) in [6.07, 6.45) is 1.22. The monoisotopic (exact) mass is 497 g/mol. The molecular weight excluding hydrogens is 465 g/mol. The number of guanidine groups is 1. The number of sulfone groups is 1. The zero-order valence-corrected chi connectivity index (χ0v) is 19.5. The lowest BCUT2D eigenvalue weighted by atomic mass is 10.1. The molecule has 0 amide bonds. The Morgan fingerprint density at radius 3 is 2.50 bits per heavy atom. The predicted molar refractivity (Wildman–Crippen MR) is 118 cm³/mol. The first-order chi connectivity index (χ1) is 11.7. The predicted octanol–water partition coefficient (Wildman–Crippen LogP) is 2.74. The summed E-state index contributed by atoms with van der Waals surface area (Å²) in [5.74, 6) is 1.25. The van der Waals surface area contributed by atoms with Crippen LogP contribution >= 0.6 is 24.0 Å². The number of halogens is 1. The van der Waals surface area contributed by atoms with Gasteiger partial charge in [0.05, 0.1) is 18.0 Å². The smallest absolute Gasteiger partial charge is 0.191 e. The SMILES string of the molecule is CCNC(=NCc1ccc(S(C)(=O)=O)c(C)c1)NCCOCC(C)C.I. The van der Waals surface area contributed by atoms with E-state index < -0.39 is 9.84 Å². The summed E-state index contributed by atoms with van der Waals surface area (Å²) in [7, 11) is -3.19. The Kier molecular flexibility index (Phi) is 12.1. The second-order valence-corrected chi connectivity index (χ2v) is 8.45. The van der Waals surface area contributed by atoms with Crippen molar-refractivity contribution in [3.05, 3.63) is 29.3 Å². The van der Waals surface area contributed by atoms with Crippen molar-refractivity contribution < 1.29 is 13.2 Å². The molecule has 0 saturated carbocycles. The molecule has 0 radical (unpaired) electrons. The molecule has 0 fully saturated rings. The van der Waals surface area contributed by atoms with Crippen molar-refractivity contribution in [3.8, 4) is 0 Å². The van der Waals surface area contributed by atoms with Crippen LogP contribution < -0.4 is 10.6 Å². The minimum Gasteiger partial charge on any atom is -0.379 e. The van der Waals surface area contributed by atoms with Crippen LogP contribution in [0.4, 0.5) is 0 Å². The summed E-state index contributed by atoms with van der Waals surface area (Å²) in [5, 5.41) is 6.42. The maximum absolute atomic E-state index is 11.7. The van der Waals surface area contributed by atoms with E-state index in [1.54, 1.807) is 13.0 Å². The van der Waals surface area contributed by atoms with Gasteiger partial charge in [0.15, 0.2) is 15.8 Å².